The SMILES string of the molecule is c1ccc(-c2cccc(-n3c4ccc(-c5ccccn5)cc4c4ccc(-c5nc6ccc(-c7ccccn7)cc6s5)cc43)c2)nc1. The first kappa shape index (κ1) is 26.4. The summed E-state index contributed by atoms with van der Waals surface area (Å²) in [5.41, 5.74) is 11.5. The third-order valence-electron chi connectivity index (χ3n) is 8.39. The fourth-order valence-corrected chi connectivity index (χ4v) is 7.21. The highest BCUT2D eigenvalue weighted by molar-refractivity contribution is 7.21. The summed E-state index contributed by atoms with van der Waals surface area (Å²) in [6, 6.07) is 46.4. The van der Waals surface area contributed by atoms with Crippen molar-refractivity contribution in [2.75, 3.05) is 0 Å². The fraction of sp³-hybridized carbons (Fsp3) is 0. The second kappa shape index (κ2) is 10.9. The average Bonchev–Trinajstić information content (AvgIpc) is 3.71. The summed E-state index contributed by atoms with van der Waals surface area (Å²) in [5, 5.41) is 3.35. The van der Waals surface area contributed by atoms with Gasteiger partial charge in [-0.3, -0.25) is 15.0 Å². The van der Waals surface area contributed by atoms with Crippen LogP contribution in [0.25, 0.3) is 82.1 Å². The molecule has 9 aromatic rings. The molecule has 9 rings (SSSR count). The third-order valence-corrected chi connectivity index (χ3v) is 9.46. The second-order valence-corrected chi connectivity index (χ2v) is 12.2. The standard InChI is InChI=1S/C40H25N5S/c1-4-19-41-33(10-1)26-8-7-9-30(22-26)45-37-18-15-27(34-11-2-5-20-42-34)23-32(37)31-16-13-29(24-38(31)45)40-44-36-17-14-28(25-39(36)46-40)35-12-3-6-21-43-35/h1-25H. The Bertz CT molecular complexity index is 2520. The highest BCUT2D eigenvalue weighted by Crippen LogP contribution is 2.39. The van der Waals surface area contributed by atoms with E-state index in [9.17, 15) is 0 Å². The Morgan fingerprint density at radius 3 is 1.80 bits per heavy atom. The molecule has 0 saturated carbocycles. The van der Waals surface area contributed by atoms with Crippen LogP contribution in [0.15, 0.2) is 152 Å². The summed E-state index contributed by atoms with van der Waals surface area (Å²) >= 11 is 1.71. The lowest BCUT2D eigenvalue weighted by Gasteiger charge is -2.11. The molecule has 0 N–H and O–H groups in total. The Kier molecular flexibility index (Phi) is 6.25. The van der Waals surface area contributed by atoms with Crippen molar-refractivity contribution in [3.05, 3.63) is 152 Å². The summed E-state index contributed by atoms with van der Waals surface area (Å²) in [4.78, 5) is 18.8. The molecule has 0 radical (unpaired) electrons. The van der Waals surface area contributed by atoms with Crippen LogP contribution < -0.4 is 0 Å². The number of thiazole rings is 1. The van der Waals surface area contributed by atoms with Gasteiger partial charge in [-0.25, -0.2) is 4.98 Å². The van der Waals surface area contributed by atoms with Gasteiger partial charge in [-0.15, -0.1) is 11.3 Å². The number of aromatic nitrogens is 5. The van der Waals surface area contributed by atoms with E-state index >= 15 is 0 Å². The van der Waals surface area contributed by atoms with Gasteiger partial charge in [0.2, 0.25) is 0 Å². The monoisotopic (exact) mass is 607 g/mol. The van der Waals surface area contributed by atoms with E-state index in [1.54, 1.807) is 11.3 Å². The highest BCUT2D eigenvalue weighted by Gasteiger charge is 2.17. The first-order valence-corrected chi connectivity index (χ1v) is 15.9. The first-order valence-electron chi connectivity index (χ1n) is 15.1. The Morgan fingerprint density at radius 1 is 0.457 bits per heavy atom. The molecule has 0 fully saturated rings. The van der Waals surface area contributed by atoms with E-state index in [1.165, 1.54) is 10.8 Å². The largest absolute Gasteiger partial charge is 0.309 e. The van der Waals surface area contributed by atoms with Crippen molar-refractivity contribution >= 4 is 43.4 Å². The maximum Gasteiger partial charge on any atom is 0.124 e. The minimum Gasteiger partial charge on any atom is -0.309 e. The summed E-state index contributed by atoms with van der Waals surface area (Å²) in [6.07, 6.45) is 5.51. The molecule has 6 heteroatoms. The molecule has 0 unspecified atom stereocenters. The van der Waals surface area contributed by atoms with E-state index in [2.05, 4.69) is 111 Å². The van der Waals surface area contributed by atoms with Gasteiger partial charge in [0.25, 0.3) is 0 Å². The Hall–Kier alpha value is -5.98. The van der Waals surface area contributed by atoms with Crippen molar-refractivity contribution in [2.24, 2.45) is 0 Å². The molecule has 0 bridgehead atoms. The van der Waals surface area contributed by atoms with Crippen LogP contribution in [-0.2, 0) is 0 Å². The number of fused-ring (bicyclic) bond motifs is 4. The topological polar surface area (TPSA) is 56.5 Å². The zero-order valence-corrected chi connectivity index (χ0v) is 25.4. The molecular weight excluding hydrogens is 583 g/mol. The number of pyridine rings is 3. The zero-order valence-electron chi connectivity index (χ0n) is 24.6. The first-order chi connectivity index (χ1) is 22.8. The van der Waals surface area contributed by atoms with Crippen molar-refractivity contribution in [3.63, 3.8) is 0 Å². The van der Waals surface area contributed by atoms with Crippen molar-refractivity contribution in [2.45, 2.75) is 0 Å². The zero-order chi connectivity index (χ0) is 30.5. The van der Waals surface area contributed by atoms with Gasteiger partial charge in [0.05, 0.1) is 38.3 Å². The molecule has 46 heavy (non-hydrogen) atoms. The maximum absolute atomic E-state index is 5.06. The Labute approximate surface area is 269 Å². The quantitative estimate of drug-likeness (QED) is 0.195. The minimum absolute atomic E-state index is 0.947. The maximum atomic E-state index is 5.06. The van der Waals surface area contributed by atoms with E-state index in [1.807, 2.05) is 61.1 Å². The lowest BCUT2D eigenvalue weighted by Crippen LogP contribution is -1.95. The van der Waals surface area contributed by atoms with Gasteiger partial charge in [-0.2, -0.15) is 0 Å². The lowest BCUT2D eigenvalue weighted by molar-refractivity contribution is 1.18. The number of nitrogens with zero attached hydrogens (tertiary/aromatic N) is 5. The van der Waals surface area contributed by atoms with Crippen LogP contribution in [0.1, 0.15) is 0 Å². The van der Waals surface area contributed by atoms with Gasteiger partial charge in [0.1, 0.15) is 5.01 Å². The van der Waals surface area contributed by atoms with Crippen LogP contribution in [0, 0.1) is 0 Å². The van der Waals surface area contributed by atoms with Crippen LogP contribution in [0.3, 0.4) is 0 Å². The smallest absolute Gasteiger partial charge is 0.124 e. The van der Waals surface area contributed by atoms with Crippen LogP contribution in [0.5, 0.6) is 0 Å². The van der Waals surface area contributed by atoms with Gasteiger partial charge in [0, 0.05) is 57.3 Å². The fourth-order valence-electron chi connectivity index (χ4n) is 6.20. The van der Waals surface area contributed by atoms with Gasteiger partial charge in [-0.05, 0) is 78.9 Å². The average molecular weight is 608 g/mol. The Morgan fingerprint density at radius 2 is 1.11 bits per heavy atom. The molecule has 0 atom stereocenters. The second-order valence-electron chi connectivity index (χ2n) is 11.2. The molecule has 0 aliphatic carbocycles. The molecule has 216 valence electrons. The van der Waals surface area contributed by atoms with Crippen LogP contribution >= 0.6 is 11.3 Å². The molecule has 5 aromatic heterocycles. The summed E-state index contributed by atoms with van der Waals surface area (Å²) in [6.45, 7) is 0. The number of hydrogen-bond acceptors (Lipinski definition) is 5. The van der Waals surface area contributed by atoms with E-state index in [0.29, 0.717) is 0 Å². The number of rotatable bonds is 5. The number of benzene rings is 4. The van der Waals surface area contributed by atoms with Crippen molar-refractivity contribution in [3.8, 4) is 50.0 Å². The predicted molar refractivity (Wildman–Crippen MR) is 189 cm³/mol. The van der Waals surface area contributed by atoms with Gasteiger partial charge in [0.15, 0.2) is 0 Å². The Balaban J connectivity index is 1.24. The van der Waals surface area contributed by atoms with E-state index in [4.69, 9.17) is 4.98 Å². The molecule has 5 nitrogen and oxygen atoms in total. The van der Waals surface area contributed by atoms with Crippen LogP contribution in [-0.4, -0.2) is 24.5 Å². The van der Waals surface area contributed by atoms with E-state index in [-0.39, 0.29) is 0 Å². The van der Waals surface area contributed by atoms with Crippen molar-refractivity contribution in [1.29, 1.82) is 0 Å². The van der Waals surface area contributed by atoms with Crippen molar-refractivity contribution < 1.29 is 0 Å². The molecule has 4 aromatic carbocycles. The molecular formula is C40H25N5S. The number of hydrogen-bond donors (Lipinski definition) is 0. The van der Waals surface area contributed by atoms with Gasteiger partial charge < -0.3 is 4.57 Å². The summed E-state index contributed by atoms with van der Waals surface area (Å²) in [5.74, 6) is 0. The van der Waals surface area contributed by atoms with Gasteiger partial charge >= 0.3 is 0 Å². The minimum atomic E-state index is 0.947. The third kappa shape index (κ3) is 4.55. The van der Waals surface area contributed by atoms with Crippen molar-refractivity contribution in [1.82, 2.24) is 24.5 Å². The van der Waals surface area contributed by atoms with Crippen LogP contribution in [0.4, 0.5) is 0 Å². The van der Waals surface area contributed by atoms with Crippen LogP contribution in [0.2, 0.25) is 0 Å². The molecule has 0 amide bonds. The van der Waals surface area contributed by atoms with Gasteiger partial charge in [-0.1, -0.05) is 54.6 Å². The van der Waals surface area contributed by atoms with E-state index < -0.39 is 0 Å². The molecule has 0 aliphatic heterocycles. The normalized spacial score (nSPS) is 11.5. The highest BCUT2D eigenvalue weighted by atomic mass is 32.1. The lowest BCUT2D eigenvalue weighted by atomic mass is 10.1. The molecule has 0 saturated heterocycles. The molecule has 0 aliphatic rings. The summed E-state index contributed by atoms with van der Waals surface area (Å²) in [7, 11) is 0. The molecule has 5 heterocycles. The molecule has 0 spiro atoms. The summed E-state index contributed by atoms with van der Waals surface area (Å²) < 4.78 is 3.50. The predicted octanol–water partition coefficient (Wildman–Crippen LogP) is 10.2. The van der Waals surface area contributed by atoms with E-state index in [0.717, 1.165) is 71.3 Å².